The van der Waals surface area contributed by atoms with Crippen LogP contribution in [0.15, 0.2) is 94.3 Å². The smallest absolute Gasteiger partial charge is 0.255 e. The van der Waals surface area contributed by atoms with Crippen molar-refractivity contribution in [1.82, 2.24) is 20.3 Å². The summed E-state index contributed by atoms with van der Waals surface area (Å²) in [5, 5.41) is 19.5. The van der Waals surface area contributed by atoms with Gasteiger partial charge in [0.25, 0.3) is 5.88 Å². The van der Waals surface area contributed by atoms with Gasteiger partial charge in [0.1, 0.15) is 42.2 Å². The van der Waals surface area contributed by atoms with Crippen molar-refractivity contribution in [3.05, 3.63) is 136 Å². The Labute approximate surface area is 267 Å². The predicted molar refractivity (Wildman–Crippen MR) is 165 cm³/mol. The highest BCUT2D eigenvalue weighted by Gasteiger charge is 2.16. The fourth-order valence-electron chi connectivity index (χ4n) is 4.27. The number of hydrogen-bond acceptors (Lipinski definition) is 9. The molecule has 238 valence electrons. The highest BCUT2D eigenvalue weighted by molar-refractivity contribution is 5.47. The van der Waals surface area contributed by atoms with Crippen molar-refractivity contribution in [3.63, 3.8) is 0 Å². The van der Waals surface area contributed by atoms with Crippen molar-refractivity contribution in [1.29, 1.82) is 5.26 Å². The number of rotatable bonds is 14. The molecule has 2 heterocycles. The highest BCUT2D eigenvalue weighted by atomic mass is 19.1. The number of halogens is 3. The van der Waals surface area contributed by atoms with Crippen molar-refractivity contribution in [2.24, 2.45) is 4.99 Å². The summed E-state index contributed by atoms with van der Waals surface area (Å²) in [7, 11) is 1.59. The van der Waals surface area contributed by atoms with E-state index in [4.69, 9.17) is 24.0 Å². The molecule has 0 bridgehead atoms. The molecular formula is C34H27F3N6O4. The van der Waals surface area contributed by atoms with Crippen LogP contribution in [0.2, 0.25) is 0 Å². The van der Waals surface area contributed by atoms with E-state index < -0.39 is 17.5 Å². The molecule has 0 radical (unpaired) electrons. The lowest BCUT2D eigenvalue weighted by Gasteiger charge is -2.07. The Balaban J connectivity index is 1.15. The first-order valence-corrected chi connectivity index (χ1v) is 14.1. The molecule has 0 unspecified atom stereocenters. The number of methoxy groups -OCH3 is 1. The van der Waals surface area contributed by atoms with E-state index in [9.17, 15) is 13.2 Å². The fourth-order valence-corrected chi connectivity index (χ4v) is 4.27. The summed E-state index contributed by atoms with van der Waals surface area (Å²) in [6, 6.07) is 17.0. The van der Waals surface area contributed by atoms with Crippen LogP contribution in [-0.4, -0.2) is 34.2 Å². The normalized spacial score (nSPS) is 11.4. The van der Waals surface area contributed by atoms with Crippen LogP contribution in [0.25, 0.3) is 11.6 Å². The highest BCUT2D eigenvalue weighted by Crippen LogP contribution is 2.23. The Hall–Kier alpha value is -6.16. The van der Waals surface area contributed by atoms with Gasteiger partial charge >= 0.3 is 0 Å². The molecule has 5 rings (SSSR count). The number of hydrogen-bond donors (Lipinski definition) is 1. The number of ether oxygens (including phenoxy) is 3. The number of H-pyrrole nitrogens is 1. The topological polar surface area (TPSA) is 131 Å². The van der Waals surface area contributed by atoms with Crippen molar-refractivity contribution in [2.45, 2.75) is 26.1 Å². The minimum absolute atomic E-state index is 0.0465. The van der Waals surface area contributed by atoms with E-state index in [1.807, 2.05) is 30.3 Å². The van der Waals surface area contributed by atoms with Crippen LogP contribution < -0.4 is 9.47 Å². The summed E-state index contributed by atoms with van der Waals surface area (Å²) in [6.45, 7) is 3.54. The maximum Gasteiger partial charge on any atom is 0.255 e. The standard InChI is InChI=1S/C34H27F3N6O4/c1-39-32(46-20-24-10-7-22(18-38)13-27(24)35)6-4-3-5-23-14-29(37)25(15-28(23)36)16-31-40-34(42-41-31)30-17-33(43-47-30)45-19-21-8-11-26(44-2)12-9-21/h3-4,6-15,17H,1,5,16,19-20H2,2H3,(H,40,41,42)/b4-3-,32-6+. The Morgan fingerprint density at radius 3 is 2.51 bits per heavy atom. The van der Waals surface area contributed by atoms with Gasteiger partial charge in [0, 0.05) is 12.0 Å². The van der Waals surface area contributed by atoms with E-state index in [1.165, 1.54) is 24.3 Å². The van der Waals surface area contributed by atoms with E-state index in [-0.39, 0.29) is 71.7 Å². The van der Waals surface area contributed by atoms with Gasteiger partial charge in [-0.25, -0.2) is 23.1 Å². The fraction of sp³-hybridized carbons (Fsp3) is 0.147. The third-order valence-corrected chi connectivity index (χ3v) is 6.79. The molecule has 0 aliphatic carbocycles. The van der Waals surface area contributed by atoms with Gasteiger partial charge in [0.15, 0.2) is 0 Å². The first-order valence-electron chi connectivity index (χ1n) is 14.1. The summed E-state index contributed by atoms with van der Waals surface area (Å²) < 4.78 is 65.4. The van der Waals surface area contributed by atoms with E-state index in [0.29, 0.717) is 5.82 Å². The van der Waals surface area contributed by atoms with Gasteiger partial charge in [0.05, 0.1) is 24.8 Å². The van der Waals surface area contributed by atoms with Crippen LogP contribution in [0.5, 0.6) is 11.6 Å². The second kappa shape index (κ2) is 15.2. The number of nitrogens with one attached hydrogen (secondary N) is 1. The third-order valence-electron chi connectivity index (χ3n) is 6.79. The van der Waals surface area contributed by atoms with E-state index >= 15 is 0 Å². The second-order valence-corrected chi connectivity index (χ2v) is 9.99. The van der Waals surface area contributed by atoms with Crippen molar-refractivity contribution in [2.75, 3.05) is 7.11 Å². The molecule has 3 aromatic carbocycles. The lowest BCUT2D eigenvalue weighted by Crippen LogP contribution is -2.00. The number of allylic oxidation sites excluding steroid dienone is 3. The van der Waals surface area contributed by atoms with Crippen LogP contribution in [0.3, 0.4) is 0 Å². The molecule has 0 saturated carbocycles. The molecule has 0 atom stereocenters. The summed E-state index contributed by atoms with van der Waals surface area (Å²) in [6.07, 6.45) is 4.62. The maximum atomic E-state index is 14.9. The molecule has 0 fully saturated rings. The SMILES string of the molecule is C=N/C(=C\C=C/Cc1cc(F)c(Cc2nc(-c3cc(OCc4ccc(OC)cc4)no3)n[nH]2)cc1F)OCc1ccc(C#N)cc1F. The zero-order chi connectivity index (χ0) is 33.2. The largest absolute Gasteiger partial charge is 0.497 e. The molecule has 47 heavy (non-hydrogen) atoms. The van der Waals surface area contributed by atoms with E-state index in [0.717, 1.165) is 29.5 Å². The number of nitrogens with zero attached hydrogens (tertiary/aromatic N) is 5. The Morgan fingerprint density at radius 1 is 1.00 bits per heavy atom. The van der Waals surface area contributed by atoms with Crippen molar-refractivity contribution < 1.29 is 31.9 Å². The van der Waals surface area contributed by atoms with Gasteiger partial charge in [-0.2, -0.15) is 5.26 Å². The van der Waals surface area contributed by atoms with Gasteiger partial charge in [-0.1, -0.05) is 30.4 Å². The summed E-state index contributed by atoms with van der Waals surface area (Å²) in [5.74, 6) is -0.0127. The van der Waals surface area contributed by atoms with Crippen LogP contribution in [-0.2, 0) is 30.8 Å². The second-order valence-electron chi connectivity index (χ2n) is 9.99. The van der Waals surface area contributed by atoms with Crippen LogP contribution >= 0.6 is 0 Å². The van der Waals surface area contributed by atoms with E-state index in [1.54, 1.807) is 19.3 Å². The number of aromatic amines is 1. The summed E-state index contributed by atoms with van der Waals surface area (Å²) in [4.78, 5) is 8.05. The molecule has 10 nitrogen and oxygen atoms in total. The Kier molecular flexibility index (Phi) is 10.4. The summed E-state index contributed by atoms with van der Waals surface area (Å²) >= 11 is 0. The molecule has 0 aliphatic rings. The average Bonchev–Trinajstić information content (AvgIpc) is 3.76. The Morgan fingerprint density at radius 2 is 1.77 bits per heavy atom. The van der Waals surface area contributed by atoms with Gasteiger partial charge in [-0.05, 0) is 77.5 Å². The van der Waals surface area contributed by atoms with Crippen LogP contribution in [0.1, 0.15) is 33.6 Å². The molecular weight excluding hydrogens is 613 g/mol. The van der Waals surface area contributed by atoms with Gasteiger partial charge in [-0.3, -0.25) is 5.10 Å². The number of aromatic nitrogens is 4. The average molecular weight is 641 g/mol. The molecule has 13 heteroatoms. The molecule has 5 aromatic rings. The summed E-state index contributed by atoms with van der Waals surface area (Å²) in [5.41, 5.74) is 1.55. The Bertz CT molecular complexity index is 1960. The maximum absolute atomic E-state index is 14.9. The monoisotopic (exact) mass is 640 g/mol. The third kappa shape index (κ3) is 8.52. The molecule has 0 aliphatic heterocycles. The van der Waals surface area contributed by atoms with Crippen molar-refractivity contribution >= 4 is 6.72 Å². The van der Waals surface area contributed by atoms with Crippen LogP contribution in [0.4, 0.5) is 13.2 Å². The first kappa shape index (κ1) is 32.2. The van der Waals surface area contributed by atoms with Gasteiger partial charge < -0.3 is 18.7 Å². The van der Waals surface area contributed by atoms with E-state index in [2.05, 4.69) is 32.0 Å². The zero-order valence-electron chi connectivity index (χ0n) is 25.0. The minimum atomic E-state index is -0.613. The van der Waals surface area contributed by atoms with Gasteiger partial charge in [-0.15, -0.1) is 5.10 Å². The number of nitriles is 1. The molecule has 0 spiro atoms. The quantitative estimate of drug-likeness (QED) is 0.0798. The van der Waals surface area contributed by atoms with Gasteiger partial charge in [0.2, 0.25) is 17.5 Å². The molecule has 0 saturated heterocycles. The predicted octanol–water partition coefficient (Wildman–Crippen LogP) is 6.78. The zero-order valence-corrected chi connectivity index (χ0v) is 25.0. The number of benzene rings is 3. The molecule has 2 aromatic heterocycles. The lowest BCUT2D eigenvalue weighted by molar-refractivity contribution is 0.194. The first-order chi connectivity index (χ1) is 22.8. The molecule has 0 amide bonds. The lowest BCUT2D eigenvalue weighted by atomic mass is 10.0. The number of aliphatic imine (C=N–C) groups is 1. The molecule has 1 N–H and O–H groups in total. The minimum Gasteiger partial charge on any atom is -0.497 e. The van der Waals surface area contributed by atoms with Crippen LogP contribution in [0, 0.1) is 28.8 Å². The van der Waals surface area contributed by atoms with Crippen molar-refractivity contribution in [3.8, 4) is 29.3 Å².